The highest BCUT2D eigenvalue weighted by Crippen LogP contribution is 2.33. The number of ether oxygens (including phenoxy) is 2. The van der Waals surface area contributed by atoms with E-state index in [0.717, 1.165) is 27.5 Å². The first-order chi connectivity index (χ1) is 15.6. The maximum absolute atomic E-state index is 9.01. The number of benzene rings is 3. The van der Waals surface area contributed by atoms with Crippen molar-refractivity contribution >= 4 is 11.8 Å². The van der Waals surface area contributed by atoms with Crippen LogP contribution in [0.3, 0.4) is 0 Å². The average Bonchev–Trinajstić information content (AvgIpc) is 3.26. The van der Waals surface area contributed by atoms with E-state index >= 15 is 0 Å². The van der Waals surface area contributed by atoms with Gasteiger partial charge < -0.3 is 9.47 Å². The molecule has 0 unspecified atom stereocenters. The van der Waals surface area contributed by atoms with Gasteiger partial charge in [-0.3, -0.25) is 4.57 Å². The zero-order valence-corrected chi connectivity index (χ0v) is 18.9. The molecule has 3 aromatic carbocycles. The molecule has 0 atom stereocenters. The highest BCUT2D eigenvalue weighted by Gasteiger charge is 2.18. The van der Waals surface area contributed by atoms with Gasteiger partial charge in [-0.15, -0.1) is 10.2 Å². The Bertz CT molecular complexity index is 1250. The maximum Gasteiger partial charge on any atom is 0.196 e. The van der Waals surface area contributed by atoms with Crippen LogP contribution in [-0.4, -0.2) is 29.0 Å². The Morgan fingerprint density at radius 2 is 1.66 bits per heavy atom. The van der Waals surface area contributed by atoms with E-state index in [1.807, 2.05) is 54.6 Å². The van der Waals surface area contributed by atoms with Crippen LogP contribution >= 0.6 is 11.8 Å². The van der Waals surface area contributed by atoms with Crippen molar-refractivity contribution in [3.8, 4) is 34.6 Å². The van der Waals surface area contributed by atoms with Crippen LogP contribution < -0.4 is 9.47 Å². The lowest BCUT2D eigenvalue weighted by Gasteiger charge is -2.13. The van der Waals surface area contributed by atoms with Crippen LogP contribution in [0.1, 0.15) is 16.7 Å². The summed E-state index contributed by atoms with van der Waals surface area (Å²) in [5, 5.41) is 18.8. The number of hydrogen-bond acceptors (Lipinski definition) is 6. The van der Waals surface area contributed by atoms with Crippen molar-refractivity contribution in [3.05, 3.63) is 83.4 Å². The van der Waals surface area contributed by atoms with Crippen LogP contribution in [-0.2, 0) is 5.75 Å². The molecule has 7 heteroatoms. The molecule has 6 nitrogen and oxygen atoms in total. The lowest BCUT2D eigenvalue weighted by Crippen LogP contribution is -2.01. The molecular formula is C25H22N4O2S. The van der Waals surface area contributed by atoms with Crippen molar-refractivity contribution in [2.45, 2.75) is 17.8 Å². The van der Waals surface area contributed by atoms with E-state index in [9.17, 15) is 0 Å². The summed E-state index contributed by atoms with van der Waals surface area (Å²) in [6, 6.07) is 23.7. The molecule has 0 aliphatic rings. The minimum atomic E-state index is 0.649. The molecule has 0 aliphatic carbocycles. The van der Waals surface area contributed by atoms with Crippen molar-refractivity contribution in [1.29, 1.82) is 5.26 Å². The molecule has 1 heterocycles. The number of aryl methyl sites for hydroxylation is 1. The van der Waals surface area contributed by atoms with Crippen LogP contribution in [0.25, 0.3) is 17.1 Å². The van der Waals surface area contributed by atoms with Gasteiger partial charge in [0.25, 0.3) is 0 Å². The van der Waals surface area contributed by atoms with Gasteiger partial charge in [0, 0.05) is 23.1 Å². The molecule has 4 rings (SSSR count). The van der Waals surface area contributed by atoms with E-state index < -0.39 is 0 Å². The van der Waals surface area contributed by atoms with E-state index in [4.69, 9.17) is 14.7 Å². The lowest BCUT2D eigenvalue weighted by atomic mass is 10.1. The number of nitriles is 1. The van der Waals surface area contributed by atoms with Gasteiger partial charge in [0.1, 0.15) is 11.5 Å². The van der Waals surface area contributed by atoms with Gasteiger partial charge in [0.2, 0.25) is 0 Å². The highest BCUT2D eigenvalue weighted by atomic mass is 32.2. The molecule has 0 N–H and O–H groups in total. The number of methoxy groups -OCH3 is 2. The SMILES string of the molecule is COc1cc(OC)cc(-c2nnc(SCc3ccc(C#N)cc3)n2-c2cccc(C)c2)c1. The summed E-state index contributed by atoms with van der Waals surface area (Å²) >= 11 is 1.59. The van der Waals surface area contributed by atoms with E-state index in [1.54, 1.807) is 26.0 Å². The molecule has 160 valence electrons. The molecule has 0 aliphatic heterocycles. The topological polar surface area (TPSA) is 73.0 Å². The van der Waals surface area contributed by atoms with Gasteiger partial charge in [-0.25, -0.2) is 0 Å². The fraction of sp³-hybridized carbons (Fsp3) is 0.160. The van der Waals surface area contributed by atoms with Gasteiger partial charge in [0.05, 0.1) is 25.9 Å². The Morgan fingerprint density at radius 3 is 2.28 bits per heavy atom. The highest BCUT2D eigenvalue weighted by molar-refractivity contribution is 7.98. The molecule has 0 amide bonds. The molecule has 1 aromatic heterocycles. The quantitative estimate of drug-likeness (QED) is 0.356. The number of nitrogens with zero attached hydrogens (tertiary/aromatic N) is 4. The Kier molecular flexibility index (Phi) is 6.43. The van der Waals surface area contributed by atoms with E-state index in [2.05, 4.69) is 39.9 Å². The summed E-state index contributed by atoms with van der Waals surface area (Å²) in [5.41, 5.74) is 4.73. The fourth-order valence-corrected chi connectivity index (χ4v) is 4.22. The first-order valence-electron chi connectivity index (χ1n) is 9.99. The average molecular weight is 443 g/mol. The molecular weight excluding hydrogens is 420 g/mol. The number of hydrogen-bond donors (Lipinski definition) is 0. The predicted molar refractivity (Wildman–Crippen MR) is 125 cm³/mol. The van der Waals surface area contributed by atoms with Crippen molar-refractivity contribution in [1.82, 2.24) is 14.8 Å². The number of thioether (sulfide) groups is 1. The van der Waals surface area contributed by atoms with Gasteiger partial charge in [0.15, 0.2) is 11.0 Å². The summed E-state index contributed by atoms with van der Waals surface area (Å²) < 4.78 is 12.9. The van der Waals surface area contributed by atoms with E-state index in [-0.39, 0.29) is 0 Å². The second-order valence-electron chi connectivity index (χ2n) is 7.18. The Morgan fingerprint density at radius 1 is 0.938 bits per heavy atom. The Labute approximate surface area is 191 Å². The smallest absolute Gasteiger partial charge is 0.196 e. The maximum atomic E-state index is 9.01. The summed E-state index contributed by atoms with van der Waals surface area (Å²) in [6.45, 7) is 2.06. The second-order valence-corrected chi connectivity index (χ2v) is 8.12. The molecule has 4 aromatic rings. The van der Waals surface area contributed by atoms with Gasteiger partial charge in [-0.1, -0.05) is 36.0 Å². The van der Waals surface area contributed by atoms with Crippen molar-refractivity contribution in [3.63, 3.8) is 0 Å². The number of aromatic nitrogens is 3. The third-order valence-corrected chi connectivity index (χ3v) is 5.95. The third kappa shape index (κ3) is 4.61. The summed E-state index contributed by atoms with van der Waals surface area (Å²) in [7, 11) is 3.26. The summed E-state index contributed by atoms with van der Waals surface area (Å²) in [6.07, 6.45) is 0. The molecule has 0 saturated heterocycles. The standard InChI is InChI=1S/C25H22N4O2S/c1-17-5-4-6-21(11-17)29-24(20-12-22(30-2)14-23(13-20)31-3)27-28-25(29)32-16-19-9-7-18(15-26)8-10-19/h4-14H,16H2,1-3H3. The van der Waals surface area contributed by atoms with Gasteiger partial charge in [-0.05, 0) is 54.4 Å². The molecule has 0 radical (unpaired) electrons. The normalized spacial score (nSPS) is 10.6. The van der Waals surface area contributed by atoms with Crippen LogP contribution in [0.4, 0.5) is 0 Å². The molecule has 0 bridgehead atoms. The van der Waals surface area contributed by atoms with Crippen molar-refractivity contribution < 1.29 is 9.47 Å². The number of rotatable bonds is 7. The Balaban J connectivity index is 1.76. The van der Waals surface area contributed by atoms with Gasteiger partial charge in [-0.2, -0.15) is 5.26 Å². The first kappa shape index (κ1) is 21.5. The van der Waals surface area contributed by atoms with Crippen LogP contribution in [0, 0.1) is 18.3 Å². The zero-order valence-electron chi connectivity index (χ0n) is 18.1. The second kappa shape index (κ2) is 9.58. The Hall–Kier alpha value is -3.76. The van der Waals surface area contributed by atoms with Crippen LogP contribution in [0.15, 0.2) is 71.9 Å². The van der Waals surface area contributed by atoms with E-state index in [0.29, 0.717) is 28.6 Å². The summed E-state index contributed by atoms with van der Waals surface area (Å²) in [4.78, 5) is 0. The molecule has 0 spiro atoms. The monoisotopic (exact) mass is 442 g/mol. The first-order valence-corrected chi connectivity index (χ1v) is 11.0. The van der Waals surface area contributed by atoms with Gasteiger partial charge >= 0.3 is 0 Å². The third-order valence-electron chi connectivity index (χ3n) is 4.95. The fourth-order valence-electron chi connectivity index (χ4n) is 3.31. The predicted octanol–water partition coefficient (Wildman–Crippen LogP) is 5.42. The van der Waals surface area contributed by atoms with Crippen molar-refractivity contribution in [2.75, 3.05) is 14.2 Å². The zero-order chi connectivity index (χ0) is 22.5. The largest absolute Gasteiger partial charge is 0.497 e. The summed E-state index contributed by atoms with van der Waals surface area (Å²) in [5.74, 6) is 2.78. The molecule has 0 saturated carbocycles. The minimum Gasteiger partial charge on any atom is -0.497 e. The minimum absolute atomic E-state index is 0.649. The van der Waals surface area contributed by atoms with Crippen LogP contribution in [0.2, 0.25) is 0 Å². The van der Waals surface area contributed by atoms with Crippen molar-refractivity contribution in [2.24, 2.45) is 0 Å². The lowest BCUT2D eigenvalue weighted by molar-refractivity contribution is 0.394. The molecule has 0 fully saturated rings. The van der Waals surface area contributed by atoms with E-state index in [1.165, 1.54) is 0 Å². The van der Waals surface area contributed by atoms with Crippen LogP contribution in [0.5, 0.6) is 11.5 Å². The molecule has 32 heavy (non-hydrogen) atoms.